The number of hydrogen-bond donors (Lipinski definition) is 3. The van der Waals surface area contributed by atoms with Crippen molar-refractivity contribution >= 4 is 67.6 Å². The Labute approximate surface area is 587 Å². The molecule has 3 aromatic heterocycles. The van der Waals surface area contributed by atoms with Crippen molar-refractivity contribution in [3.8, 4) is 17.2 Å². The zero-order valence-corrected chi connectivity index (χ0v) is 57.9. The molecule has 1 amide bonds. The van der Waals surface area contributed by atoms with Crippen LogP contribution in [0.4, 0.5) is 17.1 Å². The summed E-state index contributed by atoms with van der Waals surface area (Å²) in [5.74, 6) is 1.64. The minimum atomic E-state index is -0.698. The second kappa shape index (κ2) is 43.0. The minimum Gasteiger partial charge on any atom is -0.870 e. The van der Waals surface area contributed by atoms with Gasteiger partial charge in [0.2, 0.25) is 5.91 Å². The van der Waals surface area contributed by atoms with Gasteiger partial charge in [-0.25, -0.2) is 29.9 Å². The Balaban J connectivity index is 0.000000190. The number of hydrogen-bond acceptors (Lipinski definition) is 24. The maximum atomic E-state index is 12.4. The summed E-state index contributed by atoms with van der Waals surface area (Å²) >= 11 is 0. The molecule has 7 fully saturated rings. The first kappa shape index (κ1) is 78.5. The number of esters is 1. The van der Waals surface area contributed by atoms with Crippen LogP contribution in [0.15, 0.2) is 74.0 Å². The fraction of sp³-hybridized carbons (Fsp3) is 0.620. The van der Waals surface area contributed by atoms with Crippen LogP contribution in [-0.4, -0.2) is 216 Å². The zero-order valence-electron chi connectivity index (χ0n) is 57.9. The molecule has 532 valence electrons. The summed E-state index contributed by atoms with van der Waals surface area (Å²) in [4.78, 5) is 68.2. The number of carboxylic acids is 1. The van der Waals surface area contributed by atoms with Crippen LogP contribution in [0.3, 0.4) is 0 Å². The van der Waals surface area contributed by atoms with E-state index in [0.29, 0.717) is 32.6 Å². The summed E-state index contributed by atoms with van der Waals surface area (Å²) in [7, 11) is 3.35. The van der Waals surface area contributed by atoms with Crippen molar-refractivity contribution in [3.05, 3.63) is 74.0 Å². The number of aromatic nitrogens is 6. The van der Waals surface area contributed by atoms with Gasteiger partial charge in [0.25, 0.3) is 0 Å². The second-order valence-electron chi connectivity index (χ2n) is 25.0. The van der Waals surface area contributed by atoms with Gasteiger partial charge in [0.05, 0.1) is 109 Å². The number of amides is 1. The predicted octanol–water partition coefficient (Wildman–Crippen LogP) is 5.62. The van der Waals surface area contributed by atoms with E-state index in [1.807, 2.05) is 19.3 Å². The van der Waals surface area contributed by atoms with Crippen LogP contribution >= 0.6 is 0 Å². The number of morpholine rings is 3. The zero-order chi connectivity index (χ0) is 67.1. The molecule has 4 saturated heterocycles. The molecule has 7 heterocycles. The number of rotatable bonds is 20. The molecule has 27 heteroatoms. The van der Waals surface area contributed by atoms with E-state index in [-0.39, 0.29) is 72.3 Å². The van der Waals surface area contributed by atoms with Crippen LogP contribution in [0.2, 0.25) is 0 Å². The molecule has 0 spiro atoms. The van der Waals surface area contributed by atoms with Crippen molar-refractivity contribution < 1.29 is 91.2 Å². The third kappa shape index (κ3) is 24.2. The van der Waals surface area contributed by atoms with Crippen molar-refractivity contribution in [2.24, 2.45) is 23.5 Å². The molecule has 0 atom stereocenters. The van der Waals surface area contributed by atoms with Gasteiger partial charge in [-0.2, -0.15) is 0 Å². The molecule has 26 nitrogen and oxygen atoms in total. The van der Waals surface area contributed by atoms with Crippen LogP contribution < -0.4 is 58.8 Å². The molecule has 0 unspecified atom stereocenters. The van der Waals surface area contributed by atoms with Crippen LogP contribution in [0.5, 0.6) is 17.2 Å². The number of methoxy groups -OCH3 is 2. The number of aliphatic carboxylic acids is 1. The van der Waals surface area contributed by atoms with Crippen LogP contribution in [0.1, 0.15) is 110 Å². The first-order valence-electron chi connectivity index (χ1n) is 34.7. The normalized spacial score (nSPS) is 21.5. The minimum absolute atomic E-state index is 0. The largest absolute Gasteiger partial charge is 1.00 e. The third-order valence-electron chi connectivity index (χ3n) is 18.3. The first-order valence-corrected chi connectivity index (χ1v) is 34.7. The number of carboxylic acid groups (broad SMARTS) is 1. The maximum absolute atomic E-state index is 12.4. The number of ether oxygens (including phenoxy) is 10. The van der Waals surface area contributed by atoms with Gasteiger partial charge in [0.15, 0.2) is 0 Å². The summed E-state index contributed by atoms with van der Waals surface area (Å²) in [5.41, 5.74) is 11.0. The number of nitrogens with zero attached hydrogens (tertiary/aromatic N) is 9. The number of carbonyl (C=O) groups excluding carboxylic acids is 2. The van der Waals surface area contributed by atoms with E-state index in [1.54, 1.807) is 39.4 Å². The van der Waals surface area contributed by atoms with E-state index in [9.17, 15) is 14.4 Å². The molecule has 5 N–H and O–H groups in total. The van der Waals surface area contributed by atoms with Gasteiger partial charge in [-0.15, -0.1) is 0 Å². The molecule has 0 radical (unpaired) electrons. The summed E-state index contributed by atoms with van der Waals surface area (Å²) in [6.07, 6.45) is 24.3. The standard InChI is InChI=1S/C23H32N4O4.C21H27N3O4.C19H23N3O4.C4H11NO.C4H8O.Li.H2O/c1-29-10-2-7-25-23(28)17-3-5-19(6-4-17)31-22-14-18(27-8-11-30-12-9-27)13-21-20(22)15-24-16-26-21;1-2-27-21(25)15-3-5-17(6-4-15)28-20-12-16(24-7-9-26-10-8-24)11-19-18(20)13-22-14-23-19;23-19(24)13-1-3-15(4-2-13)26-18-10-14(22-5-7-25-8-6-22)9-17-16(18)11-20-12-21-17;1-6-4-2-3-5;1-2-4-5-3-1;;/h13-17,19H,2-12H2,1H3,(H,25,28);11-15,17H,2-10H2,1H3;9-13,15H,1-8H2,(H,23,24);2-5H2,1H3;1-4H2;;1H2/q;;;;;+1;/p-1. The van der Waals surface area contributed by atoms with E-state index >= 15 is 0 Å². The molecule has 7 aliphatic rings. The summed E-state index contributed by atoms with van der Waals surface area (Å²) in [5, 5.41) is 14.9. The molecule has 3 aromatic carbocycles. The maximum Gasteiger partial charge on any atom is 1.00 e. The number of nitrogens with one attached hydrogen (secondary N) is 1. The van der Waals surface area contributed by atoms with Gasteiger partial charge in [0.1, 0.15) is 36.2 Å². The van der Waals surface area contributed by atoms with Gasteiger partial charge in [0, 0.05) is 146 Å². The van der Waals surface area contributed by atoms with Gasteiger partial charge < -0.3 is 83.7 Å². The summed E-state index contributed by atoms with van der Waals surface area (Å²) in [6.45, 7) is 16.7. The Morgan fingerprint density at radius 3 is 1.20 bits per heavy atom. The summed E-state index contributed by atoms with van der Waals surface area (Å²) < 4.78 is 55.4. The molecule has 4 aliphatic heterocycles. The number of fused-ring (bicyclic) bond motifs is 3. The fourth-order valence-corrected chi connectivity index (χ4v) is 12.8. The summed E-state index contributed by atoms with van der Waals surface area (Å²) in [6, 6.07) is 12.5. The SMILES string of the molecule is C1CCOC1.CCOC(=O)C1CCC(Oc2cc(N3CCOCC3)cc3ncncc23)CC1.COCCCN.COCCCNC(=O)C1CCC(Oc2cc(N3CCOCC3)cc3ncncc23)CC1.O=C(O)C1CCC(Oc2cc(N3CCOCC3)cc3ncncc23)CC1.[Li+].[OH-]. The van der Waals surface area contributed by atoms with Crippen molar-refractivity contribution in [2.45, 2.75) is 128 Å². The topological polar surface area (TPSA) is 319 Å². The fourth-order valence-electron chi connectivity index (χ4n) is 12.8. The van der Waals surface area contributed by atoms with Gasteiger partial charge in [-0.05, 0) is 134 Å². The smallest absolute Gasteiger partial charge is 0.870 e. The van der Waals surface area contributed by atoms with E-state index in [4.69, 9.17) is 58.2 Å². The van der Waals surface area contributed by atoms with E-state index in [1.165, 1.54) is 12.8 Å². The van der Waals surface area contributed by atoms with Gasteiger partial charge in [-0.3, -0.25) is 14.4 Å². The molecular weight excluding hydrogens is 1250 g/mol. The number of carbonyl (C=O) groups is 3. The Morgan fingerprint density at radius 2 is 0.878 bits per heavy atom. The van der Waals surface area contributed by atoms with Crippen LogP contribution in [-0.2, 0) is 47.5 Å². The third-order valence-corrected chi connectivity index (χ3v) is 18.3. The Morgan fingerprint density at radius 1 is 0.520 bits per heavy atom. The molecular formula is C71H102LiN11O15. The van der Waals surface area contributed by atoms with Crippen molar-refractivity contribution in [2.75, 3.05) is 154 Å². The quantitative estimate of drug-likeness (QED) is 0.0474. The molecule has 13 rings (SSSR count). The van der Waals surface area contributed by atoms with Crippen molar-refractivity contribution in [3.63, 3.8) is 0 Å². The monoisotopic (exact) mass is 1360 g/mol. The van der Waals surface area contributed by atoms with Crippen molar-refractivity contribution in [1.82, 2.24) is 35.2 Å². The number of benzene rings is 3. The average molecular weight is 1360 g/mol. The van der Waals surface area contributed by atoms with E-state index < -0.39 is 5.97 Å². The second-order valence-corrected chi connectivity index (χ2v) is 25.0. The van der Waals surface area contributed by atoms with Crippen LogP contribution in [0.25, 0.3) is 32.7 Å². The van der Waals surface area contributed by atoms with Crippen LogP contribution in [0, 0.1) is 17.8 Å². The predicted molar refractivity (Wildman–Crippen MR) is 368 cm³/mol. The molecule has 3 aliphatic carbocycles. The number of anilines is 3. The Kier molecular flexibility index (Phi) is 34.4. The van der Waals surface area contributed by atoms with Gasteiger partial charge in [-0.1, -0.05) is 0 Å². The molecule has 0 bridgehead atoms. The Bertz CT molecular complexity index is 3290. The molecule has 3 saturated carbocycles. The average Bonchev–Trinajstić information content (AvgIpc) is 1.02. The van der Waals surface area contributed by atoms with E-state index in [0.717, 1.165) is 249 Å². The Hall–Kier alpha value is -6.83. The van der Waals surface area contributed by atoms with Crippen molar-refractivity contribution in [1.29, 1.82) is 0 Å². The molecule has 98 heavy (non-hydrogen) atoms. The molecule has 6 aromatic rings. The van der Waals surface area contributed by atoms with Gasteiger partial charge >= 0.3 is 30.8 Å². The first-order chi connectivity index (χ1) is 47.1. The van der Waals surface area contributed by atoms with E-state index in [2.05, 4.69) is 86.3 Å². The number of nitrogens with two attached hydrogens (primary N) is 1.